The Morgan fingerprint density at radius 2 is 0.794 bits per heavy atom. The van der Waals surface area contributed by atoms with E-state index in [2.05, 4.69) is 246 Å². The highest BCUT2D eigenvalue weighted by molar-refractivity contribution is 6.16. The molecule has 0 bridgehead atoms. The van der Waals surface area contributed by atoms with Crippen molar-refractivity contribution >= 4 is 60.8 Å². The van der Waals surface area contributed by atoms with Crippen molar-refractivity contribution in [3.8, 4) is 50.2 Å². The Kier molecular flexibility index (Phi) is 8.83. The molecule has 0 fully saturated rings. The van der Waals surface area contributed by atoms with E-state index in [9.17, 15) is 0 Å². The molecule has 0 N–H and O–H groups in total. The maximum absolute atomic E-state index is 6.61. The summed E-state index contributed by atoms with van der Waals surface area (Å²) in [5, 5.41) is 4.78. The lowest BCUT2D eigenvalue weighted by Crippen LogP contribution is -2.10. The van der Waals surface area contributed by atoms with Crippen LogP contribution in [0.2, 0.25) is 0 Å². The standard InChI is InChI=1S/C60H40N2O/c1-3-14-41(15-4-1)46-18-13-19-50(40-46)61(47-32-26-42(27-33-47)43-28-34-49(35-29-43)62-56-23-10-7-20-53(56)54-21-8-11-24-57(54)62)48-36-30-45(31-37-48)51-38-39-52(44-16-5-2-6-17-44)60-59(51)55-22-9-12-25-58(55)63-60/h1-40H. The van der Waals surface area contributed by atoms with Crippen LogP contribution >= 0.6 is 0 Å². The lowest BCUT2D eigenvalue weighted by Gasteiger charge is -2.26. The minimum atomic E-state index is 0.890. The van der Waals surface area contributed by atoms with E-state index in [1.165, 1.54) is 38.5 Å². The lowest BCUT2D eigenvalue weighted by atomic mass is 9.94. The number of benzene rings is 10. The molecular formula is C60H40N2O. The summed E-state index contributed by atoms with van der Waals surface area (Å²) in [6.45, 7) is 0. The summed E-state index contributed by atoms with van der Waals surface area (Å²) < 4.78 is 8.98. The topological polar surface area (TPSA) is 21.3 Å². The highest BCUT2D eigenvalue weighted by atomic mass is 16.3. The van der Waals surface area contributed by atoms with Crippen LogP contribution in [0.1, 0.15) is 0 Å². The fourth-order valence-corrected chi connectivity index (χ4v) is 9.41. The van der Waals surface area contributed by atoms with E-state index >= 15 is 0 Å². The van der Waals surface area contributed by atoms with Gasteiger partial charge in [-0.2, -0.15) is 0 Å². The van der Waals surface area contributed by atoms with Gasteiger partial charge in [-0.1, -0.05) is 170 Å². The predicted octanol–water partition coefficient (Wildman–Crippen LogP) is 16.8. The van der Waals surface area contributed by atoms with E-state index in [0.717, 1.165) is 72.5 Å². The molecule has 0 aliphatic heterocycles. The number of furan rings is 1. The molecule has 0 radical (unpaired) electrons. The zero-order valence-electron chi connectivity index (χ0n) is 34.4. The molecule has 0 aliphatic carbocycles. The Balaban J connectivity index is 0.924. The number of aromatic nitrogens is 1. The first-order chi connectivity index (χ1) is 31.2. The molecule has 296 valence electrons. The third-order valence-corrected chi connectivity index (χ3v) is 12.4. The summed E-state index contributed by atoms with van der Waals surface area (Å²) in [5.41, 5.74) is 17.8. The quantitative estimate of drug-likeness (QED) is 0.153. The largest absolute Gasteiger partial charge is 0.455 e. The second kappa shape index (κ2) is 15.3. The Bertz CT molecular complexity index is 3530. The average molecular weight is 805 g/mol. The van der Waals surface area contributed by atoms with Crippen LogP contribution in [0.4, 0.5) is 17.1 Å². The van der Waals surface area contributed by atoms with Crippen molar-refractivity contribution in [1.82, 2.24) is 4.57 Å². The zero-order chi connectivity index (χ0) is 41.7. The molecule has 0 amide bonds. The first-order valence-corrected chi connectivity index (χ1v) is 21.5. The minimum Gasteiger partial charge on any atom is -0.455 e. The third kappa shape index (κ3) is 6.38. The molecule has 0 aliphatic rings. The SMILES string of the molecule is c1ccc(-c2cccc(N(c3ccc(-c4ccc(-n5c6ccccc6c6ccccc65)cc4)cc3)c3ccc(-c4ccc(-c5ccccc5)c5oc6ccccc6c45)cc3)c2)cc1. The Labute approximate surface area is 366 Å². The molecule has 0 saturated carbocycles. The average Bonchev–Trinajstić information content (AvgIpc) is 3.92. The van der Waals surface area contributed by atoms with Crippen molar-refractivity contribution in [2.24, 2.45) is 0 Å². The maximum Gasteiger partial charge on any atom is 0.143 e. The molecule has 10 aromatic carbocycles. The first kappa shape index (κ1) is 36.5. The summed E-state index contributed by atoms with van der Waals surface area (Å²) in [6.07, 6.45) is 0. The molecule has 12 rings (SSSR count). The van der Waals surface area contributed by atoms with E-state index < -0.39 is 0 Å². The molecule has 0 atom stereocenters. The van der Waals surface area contributed by atoms with E-state index in [1.54, 1.807) is 0 Å². The fourth-order valence-electron chi connectivity index (χ4n) is 9.41. The van der Waals surface area contributed by atoms with Gasteiger partial charge in [0.2, 0.25) is 0 Å². The van der Waals surface area contributed by atoms with Crippen molar-refractivity contribution in [3.05, 3.63) is 243 Å². The molecule has 12 aromatic rings. The van der Waals surface area contributed by atoms with Gasteiger partial charge in [0.05, 0.1) is 11.0 Å². The number of para-hydroxylation sites is 3. The number of fused-ring (bicyclic) bond motifs is 6. The van der Waals surface area contributed by atoms with Crippen LogP contribution in [0.5, 0.6) is 0 Å². The molecule has 0 saturated heterocycles. The van der Waals surface area contributed by atoms with E-state index in [0.29, 0.717) is 0 Å². The number of nitrogens with zero attached hydrogens (tertiary/aromatic N) is 2. The summed E-state index contributed by atoms with van der Waals surface area (Å²) in [6, 6.07) is 86.9. The molecule has 2 heterocycles. The summed E-state index contributed by atoms with van der Waals surface area (Å²) in [5.74, 6) is 0. The van der Waals surface area contributed by atoms with Gasteiger partial charge in [0.1, 0.15) is 11.2 Å². The van der Waals surface area contributed by atoms with Gasteiger partial charge in [0.15, 0.2) is 0 Å². The second-order valence-electron chi connectivity index (χ2n) is 16.1. The minimum absolute atomic E-state index is 0.890. The first-order valence-electron chi connectivity index (χ1n) is 21.5. The van der Waals surface area contributed by atoms with Crippen LogP contribution in [0.25, 0.3) is 93.9 Å². The second-order valence-corrected chi connectivity index (χ2v) is 16.1. The van der Waals surface area contributed by atoms with Crippen LogP contribution < -0.4 is 4.90 Å². The normalized spacial score (nSPS) is 11.5. The summed E-state index contributed by atoms with van der Waals surface area (Å²) in [7, 11) is 0. The summed E-state index contributed by atoms with van der Waals surface area (Å²) >= 11 is 0. The highest BCUT2D eigenvalue weighted by Gasteiger charge is 2.19. The number of hydrogen-bond donors (Lipinski definition) is 0. The van der Waals surface area contributed by atoms with Gasteiger partial charge in [0, 0.05) is 49.9 Å². The molecular weight excluding hydrogens is 765 g/mol. The number of anilines is 3. The third-order valence-electron chi connectivity index (χ3n) is 12.4. The van der Waals surface area contributed by atoms with E-state index in [-0.39, 0.29) is 0 Å². The van der Waals surface area contributed by atoms with Gasteiger partial charge < -0.3 is 13.9 Å². The van der Waals surface area contributed by atoms with Gasteiger partial charge in [-0.25, -0.2) is 0 Å². The molecule has 63 heavy (non-hydrogen) atoms. The maximum atomic E-state index is 6.61. The van der Waals surface area contributed by atoms with E-state index in [1.807, 2.05) is 6.07 Å². The van der Waals surface area contributed by atoms with Crippen LogP contribution in [0.3, 0.4) is 0 Å². The van der Waals surface area contributed by atoms with Gasteiger partial charge in [-0.15, -0.1) is 0 Å². The lowest BCUT2D eigenvalue weighted by molar-refractivity contribution is 0.670. The molecule has 0 spiro atoms. The van der Waals surface area contributed by atoms with Crippen LogP contribution in [-0.4, -0.2) is 4.57 Å². The molecule has 2 aromatic heterocycles. The monoisotopic (exact) mass is 804 g/mol. The van der Waals surface area contributed by atoms with Crippen LogP contribution in [-0.2, 0) is 0 Å². The van der Waals surface area contributed by atoms with Crippen molar-refractivity contribution < 1.29 is 4.42 Å². The Morgan fingerprint density at radius 3 is 1.44 bits per heavy atom. The smallest absolute Gasteiger partial charge is 0.143 e. The molecule has 3 nitrogen and oxygen atoms in total. The van der Waals surface area contributed by atoms with Gasteiger partial charge in [-0.3, -0.25) is 0 Å². The van der Waals surface area contributed by atoms with Gasteiger partial charge >= 0.3 is 0 Å². The van der Waals surface area contributed by atoms with Gasteiger partial charge in [0.25, 0.3) is 0 Å². The van der Waals surface area contributed by atoms with Crippen molar-refractivity contribution in [2.45, 2.75) is 0 Å². The van der Waals surface area contributed by atoms with Crippen LogP contribution in [0, 0.1) is 0 Å². The van der Waals surface area contributed by atoms with Gasteiger partial charge in [-0.05, 0) is 112 Å². The summed E-state index contributed by atoms with van der Waals surface area (Å²) in [4.78, 5) is 2.35. The Morgan fingerprint density at radius 1 is 0.317 bits per heavy atom. The fraction of sp³-hybridized carbons (Fsp3) is 0. The zero-order valence-corrected chi connectivity index (χ0v) is 34.4. The highest BCUT2D eigenvalue weighted by Crippen LogP contribution is 2.44. The molecule has 3 heteroatoms. The Hall–Kier alpha value is -8.40. The van der Waals surface area contributed by atoms with Crippen molar-refractivity contribution in [2.75, 3.05) is 4.90 Å². The van der Waals surface area contributed by atoms with Crippen molar-refractivity contribution in [1.29, 1.82) is 0 Å². The van der Waals surface area contributed by atoms with E-state index in [4.69, 9.17) is 4.42 Å². The van der Waals surface area contributed by atoms with Crippen molar-refractivity contribution in [3.63, 3.8) is 0 Å². The number of hydrogen-bond acceptors (Lipinski definition) is 2. The molecule has 0 unspecified atom stereocenters. The number of rotatable bonds is 8. The predicted molar refractivity (Wildman–Crippen MR) is 264 cm³/mol. The van der Waals surface area contributed by atoms with Crippen LogP contribution in [0.15, 0.2) is 247 Å².